The average Bonchev–Trinajstić information content (AvgIpc) is 3.04. The van der Waals surface area contributed by atoms with Gasteiger partial charge in [0.2, 0.25) is 0 Å². The van der Waals surface area contributed by atoms with Gasteiger partial charge >= 0.3 is 6.09 Å². The minimum absolute atomic E-state index is 0.164. The van der Waals surface area contributed by atoms with Crippen LogP contribution >= 0.6 is 0 Å². The summed E-state index contributed by atoms with van der Waals surface area (Å²) in [6, 6.07) is 38.5. The Morgan fingerprint density at radius 1 is 0.522 bits per heavy atom. The van der Waals surface area contributed by atoms with Crippen LogP contribution in [0.2, 0.25) is 0 Å². The number of benzene rings is 5. The summed E-state index contributed by atoms with van der Waals surface area (Å²) in [7, 11) is 0. The summed E-state index contributed by atoms with van der Waals surface area (Å²) in [6.45, 7) is 5.24. The van der Waals surface area contributed by atoms with Gasteiger partial charge in [-0.15, -0.1) is 0 Å². The van der Waals surface area contributed by atoms with Crippen LogP contribution in [0.3, 0.4) is 0 Å². The van der Waals surface area contributed by atoms with Crippen LogP contribution in [0.15, 0.2) is 127 Å². The maximum absolute atomic E-state index is 13.5. The number of anilines is 3. The first-order valence-electron chi connectivity index (χ1n) is 14.7. The summed E-state index contributed by atoms with van der Waals surface area (Å²) in [5.41, 5.74) is 4.48. The first kappa shape index (κ1) is 31.3. The fraction of sp³-hybridized carbons (Fsp3) is 0.103. The number of hydrogen-bond donors (Lipinski definition) is 3. The standard InChI is InChI=1S/C39H33N3O4/c1-39(2,3)46-38(45)42-35-25-31(36(43)40-33-18-10-14-28(22-33)21-20-27-12-6-4-7-13-27)23-32(26-35)37(44)41-34-19-11-17-30(24-34)29-15-8-5-9-16-29/h4-19,22-26H,1-3H3,(H,40,43)(H,41,44)(H,42,45). The summed E-state index contributed by atoms with van der Waals surface area (Å²) >= 11 is 0. The SMILES string of the molecule is CC(C)(C)OC(=O)Nc1cc(C(=O)Nc2cccc(C#Cc3ccccc3)c2)cc(C(=O)Nc2cccc(-c3ccccc3)c2)c1. The van der Waals surface area contributed by atoms with E-state index in [1.807, 2.05) is 84.9 Å². The molecule has 7 heteroatoms. The molecular formula is C39H33N3O4. The second kappa shape index (κ2) is 14.1. The van der Waals surface area contributed by atoms with Crippen molar-refractivity contribution in [1.29, 1.82) is 0 Å². The molecule has 0 fully saturated rings. The Bertz CT molecular complexity index is 1940. The highest BCUT2D eigenvalue weighted by atomic mass is 16.6. The lowest BCUT2D eigenvalue weighted by molar-refractivity contribution is 0.0635. The minimum atomic E-state index is -0.739. The van der Waals surface area contributed by atoms with Gasteiger partial charge in [-0.2, -0.15) is 0 Å². The van der Waals surface area contributed by atoms with Gasteiger partial charge in [0.05, 0.1) is 0 Å². The number of nitrogens with one attached hydrogen (secondary N) is 3. The predicted octanol–water partition coefficient (Wildman–Crippen LogP) is 8.61. The van der Waals surface area contributed by atoms with E-state index in [9.17, 15) is 14.4 Å². The van der Waals surface area contributed by atoms with Crippen molar-refractivity contribution in [3.8, 4) is 23.0 Å². The van der Waals surface area contributed by atoms with Gasteiger partial charge in [-0.25, -0.2) is 4.79 Å². The molecule has 0 heterocycles. The molecular weight excluding hydrogens is 574 g/mol. The largest absolute Gasteiger partial charge is 0.444 e. The summed E-state index contributed by atoms with van der Waals surface area (Å²) in [5.74, 6) is 5.29. The molecule has 46 heavy (non-hydrogen) atoms. The van der Waals surface area contributed by atoms with E-state index in [4.69, 9.17) is 4.74 Å². The molecule has 0 aliphatic carbocycles. The first-order valence-corrected chi connectivity index (χ1v) is 14.7. The molecule has 0 unspecified atom stereocenters. The fourth-order valence-corrected chi connectivity index (χ4v) is 4.54. The van der Waals surface area contributed by atoms with Gasteiger partial charge < -0.3 is 15.4 Å². The van der Waals surface area contributed by atoms with Crippen LogP contribution in [0, 0.1) is 11.8 Å². The van der Waals surface area contributed by atoms with Crippen molar-refractivity contribution in [1.82, 2.24) is 0 Å². The first-order chi connectivity index (χ1) is 22.1. The third kappa shape index (κ3) is 8.94. The molecule has 5 aromatic rings. The van der Waals surface area contributed by atoms with Crippen molar-refractivity contribution in [2.75, 3.05) is 16.0 Å². The zero-order valence-electron chi connectivity index (χ0n) is 25.8. The highest BCUT2D eigenvalue weighted by molar-refractivity contribution is 6.10. The number of ether oxygens (including phenoxy) is 1. The molecule has 0 spiro atoms. The van der Waals surface area contributed by atoms with Crippen molar-refractivity contribution >= 4 is 35.0 Å². The van der Waals surface area contributed by atoms with Gasteiger partial charge in [-0.05, 0) is 92.6 Å². The molecule has 0 bridgehead atoms. The lowest BCUT2D eigenvalue weighted by Crippen LogP contribution is -2.27. The van der Waals surface area contributed by atoms with Crippen molar-refractivity contribution in [2.24, 2.45) is 0 Å². The molecule has 3 N–H and O–H groups in total. The predicted molar refractivity (Wildman–Crippen MR) is 183 cm³/mol. The van der Waals surface area contributed by atoms with E-state index in [0.29, 0.717) is 11.4 Å². The van der Waals surface area contributed by atoms with Crippen LogP contribution in [0.25, 0.3) is 11.1 Å². The molecule has 228 valence electrons. The van der Waals surface area contributed by atoms with Crippen LogP contribution in [0.5, 0.6) is 0 Å². The Hall–Kier alpha value is -6.13. The minimum Gasteiger partial charge on any atom is -0.444 e. The fourth-order valence-electron chi connectivity index (χ4n) is 4.54. The lowest BCUT2D eigenvalue weighted by Gasteiger charge is -2.20. The van der Waals surface area contributed by atoms with Gasteiger partial charge in [0.15, 0.2) is 0 Å². The molecule has 0 aliphatic heterocycles. The molecule has 5 rings (SSSR count). The van der Waals surface area contributed by atoms with E-state index in [2.05, 4.69) is 27.8 Å². The average molecular weight is 608 g/mol. The van der Waals surface area contributed by atoms with E-state index in [1.54, 1.807) is 45.0 Å². The molecule has 0 saturated carbocycles. The lowest BCUT2D eigenvalue weighted by atomic mass is 10.0. The third-order valence-electron chi connectivity index (χ3n) is 6.58. The second-order valence-electron chi connectivity index (χ2n) is 11.5. The van der Waals surface area contributed by atoms with Crippen LogP contribution < -0.4 is 16.0 Å². The molecule has 7 nitrogen and oxygen atoms in total. The molecule has 0 saturated heterocycles. The van der Waals surface area contributed by atoms with E-state index >= 15 is 0 Å². The zero-order chi connectivity index (χ0) is 32.5. The van der Waals surface area contributed by atoms with Crippen molar-refractivity contribution < 1.29 is 19.1 Å². The normalized spacial score (nSPS) is 10.6. The maximum Gasteiger partial charge on any atom is 0.412 e. The summed E-state index contributed by atoms with van der Waals surface area (Å²) in [4.78, 5) is 39.6. The van der Waals surface area contributed by atoms with E-state index in [1.165, 1.54) is 18.2 Å². The van der Waals surface area contributed by atoms with E-state index in [-0.39, 0.29) is 16.8 Å². The Balaban J connectivity index is 1.40. The van der Waals surface area contributed by atoms with Crippen LogP contribution in [0.1, 0.15) is 52.6 Å². The quantitative estimate of drug-likeness (QED) is 0.168. The maximum atomic E-state index is 13.5. The second-order valence-corrected chi connectivity index (χ2v) is 11.5. The van der Waals surface area contributed by atoms with Crippen LogP contribution in [-0.4, -0.2) is 23.5 Å². The smallest absolute Gasteiger partial charge is 0.412 e. The number of hydrogen-bond acceptors (Lipinski definition) is 4. The van der Waals surface area contributed by atoms with Gasteiger partial charge in [0, 0.05) is 39.3 Å². The summed E-state index contributed by atoms with van der Waals surface area (Å²) in [6.07, 6.45) is -0.711. The Morgan fingerprint density at radius 2 is 1.04 bits per heavy atom. The van der Waals surface area contributed by atoms with Gasteiger partial charge in [0.1, 0.15) is 5.60 Å². The third-order valence-corrected chi connectivity index (χ3v) is 6.58. The summed E-state index contributed by atoms with van der Waals surface area (Å²) in [5, 5.41) is 8.43. The van der Waals surface area contributed by atoms with Crippen molar-refractivity contribution in [2.45, 2.75) is 26.4 Å². The molecule has 0 atom stereocenters. The topological polar surface area (TPSA) is 96.5 Å². The number of carbonyl (C=O) groups excluding carboxylic acids is 3. The number of carbonyl (C=O) groups is 3. The monoisotopic (exact) mass is 607 g/mol. The molecule has 3 amide bonds. The van der Waals surface area contributed by atoms with Crippen molar-refractivity contribution in [3.63, 3.8) is 0 Å². The van der Waals surface area contributed by atoms with Crippen LogP contribution in [0.4, 0.5) is 21.9 Å². The highest BCUT2D eigenvalue weighted by Gasteiger charge is 2.19. The Morgan fingerprint density at radius 3 is 1.67 bits per heavy atom. The summed E-state index contributed by atoms with van der Waals surface area (Å²) < 4.78 is 5.39. The van der Waals surface area contributed by atoms with Gasteiger partial charge in [-0.1, -0.05) is 78.6 Å². The number of rotatable bonds is 6. The number of amides is 3. The Labute approximate surface area is 268 Å². The highest BCUT2D eigenvalue weighted by Crippen LogP contribution is 2.24. The molecule has 5 aromatic carbocycles. The molecule has 0 aromatic heterocycles. The molecule has 0 aliphatic rings. The zero-order valence-corrected chi connectivity index (χ0v) is 25.8. The van der Waals surface area contributed by atoms with E-state index < -0.39 is 23.5 Å². The van der Waals surface area contributed by atoms with Crippen molar-refractivity contribution in [3.05, 3.63) is 150 Å². The molecule has 0 radical (unpaired) electrons. The Kier molecular flexibility index (Phi) is 9.60. The van der Waals surface area contributed by atoms with Gasteiger partial charge in [0.25, 0.3) is 11.8 Å². The van der Waals surface area contributed by atoms with E-state index in [0.717, 1.165) is 22.3 Å². The van der Waals surface area contributed by atoms with Crippen LogP contribution in [-0.2, 0) is 4.74 Å². The van der Waals surface area contributed by atoms with Gasteiger partial charge in [-0.3, -0.25) is 14.9 Å².